The number of aromatic amines is 2. The number of hydrogen-bond acceptors (Lipinski definition) is 9. The Balaban J connectivity index is 1.05. The first kappa shape index (κ1) is 41.6. The summed E-state index contributed by atoms with van der Waals surface area (Å²) in [7, 11) is 2.73. The predicted octanol–water partition coefficient (Wildman–Crippen LogP) is 7.02. The second-order valence-electron chi connectivity index (χ2n) is 16.9. The lowest BCUT2D eigenvalue weighted by Gasteiger charge is -2.33. The van der Waals surface area contributed by atoms with E-state index in [9.17, 15) is 24.3 Å². The summed E-state index contributed by atoms with van der Waals surface area (Å²) in [6.45, 7) is 11.2. The van der Waals surface area contributed by atoms with E-state index in [0.717, 1.165) is 73.2 Å². The molecule has 0 saturated carbocycles. The van der Waals surface area contributed by atoms with Crippen molar-refractivity contribution >= 4 is 45.8 Å². The molecule has 4 amide bonds. The Morgan fingerprint density at radius 1 is 0.984 bits per heavy atom. The molecule has 61 heavy (non-hydrogen) atoms. The minimum absolute atomic E-state index is 0.175. The van der Waals surface area contributed by atoms with Crippen molar-refractivity contribution in [1.82, 2.24) is 40.0 Å². The second kappa shape index (κ2) is 16.7. The molecule has 2 fully saturated rings. The Morgan fingerprint density at radius 2 is 1.79 bits per heavy atom. The molecule has 3 aromatic carbocycles. The third-order valence-electron chi connectivity index (χ3n) is 12.4. The molecule has 0 unspecified atom stereocenters. The van der Waals surface area contributed by atoms with Crippen LogP contribution >= 0.6 is 0 Å². The Hall–Kier alpha value is -6.16. The molecule has 5 aromatic rings. The van der Waals surface area contributed by atoms with Gasteiger partial charge in [-0.25, -0.2) is 19.6 Å². The molecule has 5 atom stereocenters. The molecule has 0 radical (unpaired) electrons. The zero-order valence-corrected chi connectivity index (χ0v) is 35.7. The molecule has 3 aliphatic heterocycles. The summed E-state index contributed by atoms with van der Waals surface area (Å²) in [5.41, 5.74) is 6.41. The maximum absolute atomic E-state index is 14.0. The molecular formula is C45H54N8O8. The van der Waals surface area contributed by atoms with Crippen molar-refractivity contribution in [1.29, 1.82) is 0 Å². The number of H-pyrrole nitrogens is 2. The number of hydrogen-bond donors (Lipinski definition) is 4. The third-order valence-corrected chi connectivity index (χ3v) is 12.4. The summed E-state index contributed by atoms with van der Waals surface area (Å²) in [6, 6.07) is 12.3. The maximum atomic E-state index is 14.0. The van der Waals surface area contributed by atoms with Crippen molar-refractivity contribution in [2.75, 3.05) is 33.9 Å². The highest BCUT2D eigenvalue weighted by Gasteiger charge is 2.43. The van der Waals surface area contributed by atoms with Crippen LogP contribution in [0.2, 0.25) is 0 Å². The van der Waals surface area contributed by atoms with Gasteiger partial charge in [-0.3, -0.25) is 14.5 Å². The number of benzene rings is 3. The van der Waals surface area contributed by atoms with E-state index >= 15 is 0 Å². The first-order valence-electron chi connectivity index (χ1n) is 21.1. The van der Waals surface area contributed by atoms with Gasteiger partial charge in [0, 0.05) is 44.1 Å². The second-order valence-corrected chi connectivity index (χ2v) is 16.9. The Labute approximate surface area is 353 Å². The molecule has 4 N–H and O–H groups in total. The topological polar surface area (TPSA) is 195 Å². The van der Waals surface area contributed by atoms with Crippen molar-refractivity contribution in [2.45, 2.75) is 90.8 Å². The summed E-state index contributed by atoms with van der Waals surface area (Å²) in [5.74, 6) is 1.28. The van der Waals surface area contributed by atoms with E-state index in [1.54, 1.807) is 16.0 Å². The third kappa shape index (κ3) is 7.73. The number of alkyl carbamates (subject to hydrolysis) is 1. The van der Waals surface area contributed by atoms with E-state index in [2.05, 4.69) is 45.6 Å². The fourth-order valence-electron chi connectivity index (χ4n) is 9.32. The number of fused-ring (bicyclic) bond motifs is 6. The van der Waals surface area contributed by atoms with Gasteiger partial charge < -0.3 is 44.4 Å². The van der Waals surface area contributed by atoms with E-state index in [1.807, 2.05) is 46.8 Å². The first-order chi connectivity index (χ1) is 29.3. The number of rotatable bonds is 11. The van der Waals surface area contributed by atoms with Gasteiger partial charge in [-0.05, 0) is 77.9 Å². The number of carbonyl (C=O) groups is 4. The summed E-state index contributed by atoms with van der Waals surface area (Å²) in [5, 5.41) is 14.3. The van der Waals surface area contributed by atoms with Crippen LogP contribution < -0.4 is 10.1 Å². The lowest BCUT2D eigenvalue weighted by molar-refractivity contribution is -0.138. The average Bonchev–Trinajstić information content (AvgIpc) is 4.07. The Bertz CT molecular complexity index is 2490. The van der Waals surface area contributed by atoms with Crippen molar-refractivity contribution in [3.8, 4) is 28.1 Å². The van der Waals surface area contributed by atoms with Crippen LogP contribution in [0.15, 0.2) is 48.7 Å². The highest BCUT2D eigenvalue weighted by atomic mass is 16.5. The number of likely N-dealkylation sites (N-methyl/N-ethyl adjacent to an activating group) is 1. The van der Waals surface area contributed by atoms with E-state index in [-0.39, 0.29) is 35.8 Å². The molecule has 8 rings (SSSR count). The van der Waals surface area contributed by atoms with Gasteiger partial charge in [0.15, 0.2) is 0 Å². The quantitative estimate of drug-likeness (QED) is 0.107. The molecule has 5 heterocycles. The summed E-state index contributed by atoms with van der Waals surface area (Å²) in [6.07, 6.45) is 1.90. The van der Waals surface area contributed by atoms with Gasteiger partial charge in [-0.15, -0.1) is 0 Å². The fourth-order valence-corrected chi connectivity index (χ4v) is 9.32. The van der Waals surface area contributed by atoms with Crippen LogP contribution in [0.25, 0.3) is 44.2 Å². The molecule has 3 aliphatic rings. The maximum Gasteiger partial charge on any atom is 0.407 e. The van der Waals surface area contributed by atoms with Crippen LogP contribution in [0.3, 0.4) is 0 Å². The number of nitrogens with zero attached hydrogens (tertiary/aromatic N) is 5. The highest BCUT2D eigenvalue weighted by Crippen LogP contribution is 2.44. The minimum atomic E-state index is -1.13. The standard InChI is InChI=1S/C45H54N8O8/c1-8-60-28-18-35(53(21-28)42(54)37(23(2)3)50-44(56)59-7)41-47-32-14-12-25-17-31-29-13-11-26(16-27(29)22-61-36(31)19-30(25)38(32)49-41)33-20-46-40(48-33)34-10-9-15-52(34)43(55)39(24(4)5)51(6)45(57)58/h11-14,16-17,19-20,23-24,28,34-35,37,39H,8-10,15,18,21-22H2,1-7H3,(H,46,48)(H,47,49)(H,50,56)(H,57,58)/t28-,34-,35-,37-,39-/m0/s1. The highest BCUT2D eigenvalue weighted by molar-refractivity contribution is 6.07. The number of aromatic nitrogens is 4. The smallest absolute Gasteiger partial charge is 0.407 e. The molecule has 16 nitrogen and oxygen atoms in total. The van der Waals surface area contributed by atoms with Crippen molar-refractivity contribution in [2.24, 2.45) is 11.8 Å². The predicted molar refractivity (Wildman–Crippen MR) is 228 cm³/mol. The van der Waals surface area contributed by atoms with E-state index < -0.39 is 30.3 Å². The van der Waals surface area contributed by atoms with Crippen molar-refractivity contribution in [3.63, 3.8) is 0 Å². The zero-order valence-electron chi connectivity index (χ0n) is 35.7. The molecule has 16 heteroatoms. The van der Waals surface area contributed by atoms with Crippen LogP contribution in [0.5, 0.6) is 5.75 Å². The van der Waals surface area contributed by atoms with Gasteiger partial charge >= 0.3 is 12.2 Å². The first-order valence-corrected chi connectivity index (χ1v) is 21.1. The molecule has 0 aliphatic carbocycles. The zero-order chi connectivity index (χ0) is 43.3. The van der Waals surface area contributed by atoms with Gasteiger partial charge in [0.25, 0.3) is 0 Å². The number of likely N-dealkylation sites (tertiary alicyclic amines) is 2. The number of ether oxygens (including phenoxy) is 3. The van der Waals surface area contributed by atoms with Crippen LogP contribution in [0.1, 0.15) is 83.2 Å². The Morgan fingerprint density at radius 3 is 2.51 bits per heavy atom. The molecule has 2 saturated heterocycles. The van der Waals surface area contributed by atoms with Crippen LogP contribution in [-0.2, 0) is 25.7 Å². The van der Waals surface area contributed by atoms with Gasteiger partial charge in [0.1, 0.15) is 36.1 Å². The summed E-state index contributed by atoms with van der Waals surface area (Å²) < 4.78 is 17.3. The van der Waals surface area contributed by atoms with Gasteiger partial charge in [0.05, 0.1) is 48.2 Å². The monoisotopic (exact) mass is 834 g/mol. The minimum Gasteiger partial charge on any atom is -0.488 e. The lowest BCUT2D eigenvalue weighted by Crippen LogP contribution is -2.51. The van der Waals surface area contributed by atoms with Crippen LogP contribution in [0, 0.1) is 11.8 Å². The van der Waals surface area contributed by atoms with Crippen LogP contribution in [-0.4, -0.2) is 116 Å². The molecule has 322 valence electrons. The average molecular weight is 835 g/mol. The molecule has 0 spiro atoms. The van der Waals surface area contributed by atoms with Gasteiger partial charge in [0.2, 0.25) is 11.8 Å². The van der Waals surface area contributed by atoms with E-state index in [0.29, 0.717) is 44.4 Å². The molecular weight excluding hydrogens is 781 g/mol. The van der Waals surface area contributed by atoms with Gasteiger partial charge in [-0.2, -0.15) is 0 Å². The van der Waals surface area contributed by atoms with Crippen molar-refractivity contribution in [3.05, 3.63) is 65.9 Å². The molecule has 0 bridgehead atoms. The Kier molecular flexibility index (Phi) is 11.4. The number of imidazole rings is 2. The number of carbonyl (C=O) groups excluding carboxylic acids is 3. The summed E-state index contributed by atoms with van der Waals surface area (Å²) >= 11 is 0. The number of methoxy groups -OCH3 is 1. The number of carboxylic acid groups (broad SMARTS) is 1. The normalized spacial score (nSPS) is 19.5. The van der Waals surface area contributed by atoms with E-state index in [1.165, 1.54) is 14.2 Å². The largest absolute Gasteiger partial charge is 0.488 e. The fraction of sp³-hybridized carbons (Fsp3) is 0.467. The summed E-state index contributed by atoms with van der Waals surface area (Å²) in [4.78, 5) is 73.2. The van der Waals surface area contributed by atoms with Gasteiger partial charge in [-0.1, -0.05) is 45.9 Å². The lowest BCUT2D eigenvalue weighted by atomic mass is 9.92. The number of nitrogens with one attached hydrogen (secondary N) is 3. The van der Waals surface area contributed by atoms with Crippen molar-refractivity contribution < 1.29 is 38.5 Å². The SMILES string of the molecule is CCO[C@H]1C[C@@H](c2nc3c(ccc4cc5c(cc43)OCc3cc(-c4cnc([C@@H]6CCCN6C(=O)[C@H](C(C)C)N(C)C(=O)O)[nH]4)ccc3-5)[nH]2)N(C(=O)[C@@H](NC(=O)OC)C(C)C)C1. The molecule has 2 aromatic heterocycles. The number of amides is 4. The van der Waals surface area contributed by atoms with E-state index in [4.69, 9.17) is 24.2 Å². The van der Waals surface area contributed by atoms with Crippen LogP contribution in [0.4, 0.5) is 9.59 Å².